The predicted octanol–water partition coefficient (Wildman–Crippen LogP) is 3.34. The molecular weight excluding hydrogens is 198 g/mol. The molecule has 0 saturated heterocycles. The molecule has 0 fully saturated rings. The van der Waals surface area contributed by atoms with Gasteiger partial charge in [0.2, 0.25) is 0 Å². The van der Waals surface area contributed by atoms with E-state index < -0.39 is 0 Å². The van der Waals surface area contributed by atoms with E-state index >= 15 is 0 Å². The van der Waals surface area contributed by atoms with Gasteiger partial charge in [-0.05, 0) is 12.0 Å². The van der Waals surface area contributed by atoms with Gasteiger partial charge in [-0.15, -0.1) is 11.8 Å². The highest BCUT2D eigenvalue weighted by molar-refractivity contribution is 7.99. The minimum absolute atomic E-state index is 0.207. The predicted molar refractivity (Wildman–Crippen MR) is 58.7 cm³/mol. The molecular formula is C10H13NO2S. The van der Waals surface area contributed by atoms with E-state index in [1.165, 1.54) is 0 Å². The monoisotopic (exact) mass is 211 g/mol. The summed E-state index contributed by atoms with van der Waals surface area (Å²) in [6, 6.07) is 6.86. The molecule has 0 N–H and O–H groups in total. The Hall–Kier alpha value is -1.03. The molecule has 0 spiro atoms. The quantitative estimate of drug-likeness (QED) is 0.436. The maximum absolute atomic E-state index is 10.7. The second-order valence-corrected chi connectivity index (χ2v) is 4.49. The van der Waals surface area contributed by atoms with Gasteiger partial charge in [-0.1, -0.05) is 26.0 Å². The Morgan fingerprint density at radius 3 is 2.64 bits per heavy atom. The second-order valence-electron chi connectivity index (χ2n) is 3.43. The van der Waals surface area contributed by atoms with E-state index in [4.69, 9.17) is 0 Å². The van der Waals surface area contributed by atoms with Crippen molar-refractivity contribution < 1.29 is 4.92 Å². The van der Waals surface area contributed by atoms with Gasteiger partial charge in [-0.2, -0.15) is 0 Å². The maximum atomic E-state index is 10.7. The first-order valence-corrected chi connectivity index (χ1v) is 5.46. The lowest BCUT2D eigenvalue weighted by molar-refractivity contribution is -0.387. The number of nitro benzene ring substituents is 1. The molecule has 76 valence electrons. The number of nitro groups is 1. The fourth-order valence-corrected chi connectivity index (χ4v) is 1.96. The van der Waals surface area contributed by atoms with Crippen LogP contribution in [0.15, 0.2) is 29.2 Å². The molecule has 0 unspecified atom stereocenters. The van der Waals surface area contributed by atoms with E-state index in [9.17, 15) is 10.1 Å². The molecule has 0 aliphatic carbocycles. The van der Waals surface area contributed by atoms with Crippen LogP contribution in [0.5, 0.6) is 0 Å². The summed E-state index contributed by atoms with van der Waals surface area (Å²) in [6.45, 7) is 4.20. The lowest BCUT2D eigenvalue weighted by Crippen LogP contribution is -1.94. The summed E-state index contributed by atoms with van der Waals surface area (Å²) in [7, 11) is 0. The zero-order valence-corrected chi connectivity index (χ0v) is 9.08. The first-order chi connectivity index (χ1) is 6.61. The van der Waals surface area contributed by atoms with Crippen molar-refractivity contribution in [2.24, 2.45) is 5.92 Å². The molecule has 0 saturated carbocycles. The molecule has 1 aromatic rings. The molecule has 0 aromatic heterocycles. The highest BCUT2D eigenvalue weighted by Crippen LogP contribution is 2.29. The van der Waals surface area contributed by atoms with Crippen LogP contribution in [-0.4, -0.2) is 10.7 Å². The van der Waals surface area contributed by atoms with Crippen LogP contribution in [0.2, 0.25) is 0 Å². The molecule has 0 amide bonds. The summed E-state index contributed by atoms with van der Waals surface area (Å²) in [5, 5.41) is 10.7. The Balaban J connectivity index is 2.79. The van der Waals surface area contributed by atoms with Crippen molar-refractivity contribution in [1.29, 1.82) is 0 Å². The van der Waals surface area contributed by atoms with Crippen LogP contribution < -0.4 is 0 Å². The Morgan fingerprint density at radius 2 is 2.07 bits per heavy atom. The number of thioether (sulfide) groups is 1. The minimum Gasteiger partial charge on any atom is -0.258 e. The van der Waals surface area contributed by atoms with Gasteiger partial charge in [0.05, 0.1) is 9.82 Å². The van der Waals surface area contributed by atoms with E-state index in [0.717, 1.165) is 10.6 Å². The standard InChI is InChI=1S/C10H13NO2S/c1-8(2)7-14-10-6-4-3-5-9(10)11(12)13/h3-6,8H,7H2,1-2H3. The van der Waals surface area contributed by atoms with Crippen molar-refractivity contribution in [1.82, 2.24) is 0 Å². The largest absolute Gasteiger partial charge is 0.282 e. The average molecular weight is 211 g/mol. The Morgan fingerprint density at radius 1 is 1.43 bits per heavy atom. The van der Waals surface area contributed by atoms with Crippen molar-refractivity contribution in [2.45, 2.75) is 18.7 Å². The molecule has 4 heteroatoms. The zero-order valence-electron chi connectivity index (χ0n) is 8.27. The SMILES string of the molecule is CC(C)CSc1ccccc1[N+](=O)[O-]. The average Bonchev–Trinajstić information content (AvgIpc) is 2.15. The molecule has 0 aliphatic rings. The fraction of sp³-hybridized carbons (Fsp3) is 0.400. The molecule has 1 aromatic carbocycles. The maximum Gasteiger partial charge on any atom is 0.282 e. The molecule has 0 aliphatic heterocycles. The third kappa shape index (κ3) is 3.03. The normalized spacial score (nSPS) is 10.5. The Labute approximate surface area is 87.7 Å². The summed E-state index contributed by atoms with van der Waals surface area (Å²) in [6.07, 6.45) is 0. The Bertz CT molecular complexity index is 326. The van der Waals surface area contributed by atoms with Gasteiger partial charge < -0.3 is 0 Å². The lowest BCUT2D eigenvalue weighted by atomic mass is 10.3. The summed E-state index contributed by atoms with van der Waals surface area (Å²) in [4.78, 5) is 11.1. The molecule has 0 radical (unpaired) electrons. The van der Waals surface area contributed by atoms with E-state index in [0.29, 0.717) is 5.92 Å². The van der Waals surface area contributed by atoms with Gasteiger partial charge in [0.25, 0.3) is 5.69 Å². The van der Waals surface area contributed by atoms with E-state index in [1.807, 2.05) is 6.07 Å². The number of para-hydroxylation sites is 1. The third-order valence-electron chi connectivity index (χ3n) is 1.63. The van der Waals surface area contributed by atoms with Gasteiger partial charge in [0, 0.05) is 11.8 Å². The van der Waals surface area contributed by atoms with Gasteiger partial charge in [0.15, 0.2) is 0 Å². The van der Waals surface area contributed by atoms with Crippen LogP contribution in [0.3, 0.4) is 0 Å². The summed E-state index contributed by atoms with van der Waals surface area (Å²) in [5.41, 5.74) is 0.207. The van der Waals surface area contributed by atoms with Crippen LogP contribution in [0, 0.1) is 16.0 Å². The Kier molecular flexibility index (Phi) is 3.95. The second kappa shape index (κ2) is 5.00. The van der Waals surface area contributed by atoms with E-state index in [1.54, 1.807) is 30.0 Å². The highest BCUT2D eigenvalue weighted by Gasteiger charge is 2.12. The molecule has 1 rings (SSSR count). The minimum atomic E-state index is -0.331. The molecule has 0 heterocycles. The van der Waals surface area contributed by atoms with Gasteiger partial charge in [0.1, 0.15) is 0 Å². The van der Waals surface area contributed by atoms with Crippen LogP contribution in [0.1, 0.15) is 13.8 Å². The van der Waals surface area contributed by atoms with Crippen LogP contribution in [0.4, 0.5) is 5.69 Å². The van der Waals surface area contributed by atoms with Crippen LogP contribution in [0.25, 0.3) is 0 Å². The summed E-state index contributed by atoms with van der Waals surface area (Å²) < 4.78 is 0. The number of hydrogen-bond donors (Lipinski definition) is 0. The van der Waals surface area contributed by atoms with Crippen LogP contribution in [-0.2, 0) is 0 Å². The van der Waals surface area contributed by atoms with E-state index in [2.05, 4.69) is 13.8 Å². The van der Waals surface area contributed by atoms with Gasteiger partial charge in [-0.25, -0.2) is 0 Å². The molecule has 0 atom stereocenters. The number of benzene rings is 1. The first kappa shape index (κ1) is 11.0. The zero-order chi connectivity index (χ0) is 10.6. The first-order valence-electron chi connectivity index (χ1n) is 4.47. The lowest BCUT2D eigenvalue weighted by Gasteiger charge is -2.04. The van der Waals surface area contributed by atoms with Crippen molar-refractivity contribution >= 4 is 17.4 Å². The summed E-state index contributed by atoms with van der Waals surface area (Å²) >= 11 is 1.54. The van der Waals surface area contributed by atoms with Crippen molar-refractivity contribution in [3.63, 3.8) is 0 Å². The van der Waals surface area contributed by atoms with Gasteiger partial charge in [-0.3, -0.25) is 10.1 Å². The van der Waals surface area contributed by atoms with Crippen LogP contribution >= 0.6 is 11.8 Å². The topological polar surface area (TPSA) is 43.1 Å². The van der Waals surface area contributed by atoms with Gasteiger partial charge >= 0.3 is 0 Å². The number of rotatable bonds is 4. The van der Waals surface area contributed by atoms with Crippen molar-refractivity contribution in [3.8, 4) is 0 Å². The molecule has 3 nitrogen and oxygen atoms in total. The number of nitrogens with zero attached hydrogens (tertiary/aromatic N) is 1. The summed E-state index contributed by atoms with van der Waals surface area (Å²) in [5.74, 6) is 1.45. The van der Waals surface area contributed by atoms with Crippen molar-refractivity contribution in [3.05, 3.63) is 34.4 Å². The number of hydrogen-bond acceptors (Lipinski definition) is 3. The highest BCUT2D eigenvalue weighted by atomic mass is 32.2. The van der Waals surface area contributed by atoms with Crippen molar-refractivity contribution in [2.75, 3.05) is 5.75 Å². The smallest absolute Gasteiger partial charge is 0.258 e. The van der Waals surface area contributed by atoms with E-state index in [-0.39, 0.29) is 10.6 Å². The molecule has 0 bridgehead atoms. The molecule has 14 heavy (non-hydrogen) atoms. The third-order valence-corrected chi connectivity index (χ3v) is 3.12. The fourth-order valence-electron chi connectivity index (χ4n) is 0.986.